The minimum Gasteiger partial charge on any atom is -0.457 e. The van der Waals surface area contributed by atoms with Gasteiger partial charge in [0.25, 0.3) is 0 Å². The Bertz CT molecular complexity index is 918. The summed E-state index contributed by atoms with van der Waals surface area (Å²) in [6, 6.07) is 17.7. The zero-order valence-electron chi connectivity index (χ0n) is 15.4. The Labute approximate surface area is 158 Å². The van der Waals surface area contributed by atoms with Gasteiger partial charge in [0.2, 0.25) is 5.91 Å². The van der Waals surface area contributed by atoms with Crippen LogP contribution >= 0.6 is 0 Å². The molecule has 1 fully saturated rings. The van der Waals surface area contributed by atoms with E-state index in [0.29, 0.717) is 5.76 Å². The number of para-hydroxylation sites is 1. The van der Waals surface area contributed by atoms with Crippen LogP contribution in [-0.4, -0.2) is 44.0 Å². The van der Waals surface area contributed by atoms with Crippen LogP contribution in [-0.2, 0) is 4.79 Å². The number of benzene rings is 2. The fourth-order valence-electron chi connectivity index (χ4n) is 3.25. The van der Waals surface area contributed by atoms with Crippen LogP contribution in [0.15, 0.2) is 65.1 Å². The van der Waals surface area contributed by atoms with Crippen LogP contribution in [0.5, 0.6) is 0 Å². The number of piperazine rings is 1. The van der Waals surface area contributed by atoms with E-state index >= 15 is 0 Å². The van der Waals surface area contributed by atoms with Crippen LogP contribution < -0.4 is 10.2 Å². The van der Waals surface area contributed by atoms with Gasteiger partial charge in [-0.2, -0.15) is 0 Å². The highest BCUT2D eigenvalue weighted by Crippen LogP contribution is 2.21. The van der Waals surface area contributed by atoms with Crippen molar-refractivity contribution in [2.45, 2.75) is 0 Å². The average molecular weight is 361 g/mol. The van der Waals surface area contributed by atoms with Gasteiger partial charge in [-0.15, -0.1) is 0 Å². The number of nitrogens with zero attached hydrogens (tertiary/aromatic N) is 2. The third-order valence-electron chi connectivity index (χ3n) is 4.85. The minimum atomic E-state index is -0.178. The van der Waals surface area contributed by atoms with Crippen molar-refractivity contribution < 1.29 is 9.21 Å². The lowest BCUT2D eigenvalue weighted by Gasteiger charge is -2.34. The van der Waals surface area contributed by atoms with Crippen molar-refractivity contribution in [3.05, 3.63) is 66.4 Å². The number of likely N-dealkylation sites (N-methyl/N-ethyl adjacent to an activating group) is 1. The lowest BCUT2D eigenvalue weighted by atomic mass is 10.2. The maximum Gasteiger partial charge on any atom is 0.248 e. The van der Waals surface area contributed by atoms with E-state index in [0.717, 1.165) is 42.8 Å². The van der Waals surface area contributed by atoms with E-state index in [2.05, 4.69) is 34.3 Å². The van der Waals surface area contributed by atoms with Crippen molar-refractivity contribution in [1.29, 1.82) is 0 Å². The van der Waals surface area contributed by atoms with Gasteiger partial charge in [0.05, 0.1) is 0 Å². The van der Waals surface area contributed by atoms with Gasteiger partial charge in [-0.05, 0) is 49.5 Å². The van der Waals surface area contributed by atoms with Crippen LogP contribution in [0, 0.1) is 0 Å². The number of hydrogen-bond acceptors (Lipinski definition) is 4. The van der Waals surface area contributed by atoms with Crippen molar-refractivity contribution in [1.82, 2.24) is 4.90 Å². The molecule has 1 saturated heterocycles. The van der Waals surface area contributed by atoms with Crippen molar-refractivity contribution in [3.8, 4) is 0 Å². The maximum absolute atomic E-state index is 12.2. The SMILES string of the molecule is CN1CCN(c2ccc(NC(=O)/C=C/c3cc4ccccc4o3)cc2)CC1. The molecule has 1 amide bonds. The Morgan fingerprint density at radius 3 is 2.52 bits per heavy atom. The van der Waals surface area contributed by atoms with Gasteiger partial charge in [-0.3, -0.25) is 4.79 Å². The van der Waals surface area contributed by atoms with Crippen LogP contribution in [0.1, 0.15) is 5.76 Å². The first-order valence-electron chi connectivity index (χ1n) is 9.18. The molecule has 0 radical (unpaired) electrons. The summed E-state index contributed by atoms with van der Waals surface area (Å²) in [4.78, 5) is 16.9. The molecule has 0 bridgehead atoms. The van der Waals surface area contributed by atoms with Gasteiger partial charge in [-0.1, -0.05) is 18.2 Å². The molecular weight excluding hydrogens is 338 g/mol. The summed E-state index contributed by atoms with van der Waals surface area (Å²) in [6.07, 6.45) is 3.18. The summed E-state index contributed by atoms with van der Waals surface area (Å²) < 4.78 is 5.68. The summed E-state index contributed by atoms with van der Waals surface area (Å²) in [5.41, 5.74) is 2.79. The number of furan rings is 1. The normalized spacial score (nSPS) is 15.5. The molecule has 3 aromatic rings. The number of carbonyl (C=O) groups is 1. The molecule has 5 nitrogen and oxygen atoms in total. The van der Waals surface area contributed by atoms with E-state index in [9.17, 15) is 4.79 Å². The standard InChI is InChI=1S/C22H23N3O2/c1-24-12-14-25(15-13-24)19-8-6-18(7-9-19)23-22(26)11-10-20-16-17-4-2-3-5-21(17)27-20/h2-11,16H,12-15H2,1H3,(H,23,26)/b11-10+. The van der Waals surface area contributed by atoms with E-state index in [1.54, 1.807) is 6.08 Å². The second-order valence-electron chi connectivity index (χ2n) is 6.85. The van der Waals surface area contributed by atoms with Crippen LogP contribution in [0.25, 0.3) is 17.0 Å². The molecule has 2 heterocycles. The third-order valence-corrected chi connectivity index (χ3v) is 4.85. The molecule has 0 atom stereocenters. The molecule has 1 N–H and O–H groups in total. The lowest BCUT2D eigenvalue weighted by molar-refractivity contribution is -0.111. The Balaban J connectivity index is 1.36. The van der Waals surface area contributed by atoms with Crippen molar-refractivity contribution in [2.24, 2.45) is 0 Å². The molecule has 0 unspecified atom stereocenters. The molecule has 4 rings (SSSR count). The summed E-state index contributed by atoms with van der Waals surface area (Å²) in [5.74, 6) is 0.486. The smallest absolute Gasteiger partial charge is 0.248 e. The lowest BCUT2D eigenvalue weighted by Crippen LogP contribution is -2.44. The minimum absolute atomic E-state index is 0.178. The number of nitrogens with one attached hydrogen (secondary N) is 1. The van der Waals surface area contributed by atoms with E-state index in [1.807, 2.05) is 42.5 Å². The van der Waals surface area contributed by atoms with E-state index in [4.69, 9.17) is 4.42 Å². The Morgan fingerprint density at radius 1 is 1.04 bits per heavy atom. The van der Waals surface area contributed by atoms with Gasteiger partial charge in [0.15, 0.2) is 0 Å². The summed E-state index contributed by atoms with van der Waals surface area (Å²) in [7, 11) is 2.15. The fourth-order valence-corrected chi connectivity index (χ4v) is 3.25. The molecular formula is C22H23N3O2. The fraction of sp³-hybridized carbons (Fsp3) is 0.227. The Hall–Kier alpha value is -3.05. The highest BCUT2D eigenvalue weighted by atomic mass is 16.3. The summed E-state index contributed by atoms with van der Waals surface area (Å²) in [6.45, 7) is 4.21. The van der Waals surface area contributed by atoms with Gasteiger partial charge in [0, 0.05) is 49.0 Å². The second-order valence-corrected chi connectivity index (χ2v) is 6.85. The third kappa shape index (κ3) is 4.20. The predicted molar refractivity (Wildman–Crippen MR) is 110 cm³/mol. The summed E-state index contributed by atoms with van der Waals surface area (Å²) in [5, 5.41) is 3.91. The largest absolute Gasteiger partial charge is 0.457 e. The van der Waals surface area contributed by atoms with E-state index in [1.165, 1.54) is 11.8 Å². The molecule has 1 aliphatic heterocycles. The van der Waals surface area contributed by atoms with Gasteiger partial charge in [-0.25, -0.2) is 0 Å². The van der Waals surface area contributed by atoms with Crippen LogP contribution in [0.2, 0.25) is 0 Å². The quantitative estimate of drug-likeness (QED) is 0.718. The molecule has 1 aromatic heterocycles. The van der Waals surface area contributed by atoms with Crippen molar-refractivity contribution in [2.75, 3.05) is 43.4 Å². The number of carbonyl (C=O) groups excluding carboxylic acids is 1. The van der Waals surface area contributed by atoms with Gasteiger partial charge in [0.1, 0.15) is 11.3 Å². The number of amides is 1. The number of fused-ring (bicyclic) bond motifs is 1. The highest BCUT2D eigenvalue weighted by molar-refractivity contribution is 6.02. The Morgan fingerprint density at radius 2 is 1.78 bits per heavy atom. The van der Waals surface area contributed by atoms with Gasteiger partial charge >= 0.3 is 0 Å². The molecule has 5 heteroatoms. The van der Waals surface area contributed by atoms with Crippen molar-refractivity contribution >= 4 is 34.3 Å². The zero-order chi connectivity index (χ0) is 18.6. The first-order chi connectivity index (χ1) is 13.2. The van der Waals surface area contributed by atoms with E-state index < -0.39 is 0 Å². The first kappa shape index (κ1) is 17.4. The molecule has 27 heavy (non-hydrogen) atoms. The average Bonchev–Trinajstić information content (AvgIpc) is 3.11. The number of hydrogen-bond donors (Lipinski definition) is 1. The van der Waals surface area contributed by atoms with Gasteiger partial charge < -0.3 is 19.5 Å². The van der Waals surface area contributed by atoms with Crippen molar-refractivity contribution in [3.63, 3.8) is 0 Å². The van der Waals surface area contributed by atoms with Crippen LogP contribution in [0.4, 0.5) is 11.4 Å². The number of rotatable bonds is 4. The zero-order valence-corrected chi connectivity index (χ0v) is 15.4. The molecule has 1 aliphatic rings. The monoisotopic (exact) mass is 361 g/mol. The Kier molecular flexibility index (Phi) is 4.94. The topological polar surface area (TPSA) is 48.7 Å². The molecule has 2 aromatic carbocycles. The van der Waals surface area contributed by atoms with E-state index in [-0.39, 0.29) is 5.91 Å². The predicted octanol–water partition coefficient (Wildman–Crippen LogP) is 3.84. The summed E-state index contributed by atoms with van der Waals surface area (Å²) >= 11 is 0. The van der Waals surface area contributed by atoms with Crippen LogP contribution in [0.3, 0.4) is 0 Å². The maximum atomic E-state index is 12.2. The molecule has 0 saturated carbocycles. The molecule has 0 spiro atoms. The molecule has 0 aliphatic carbocycles. The molecule has 138 valence electrons. The number of anilines is 2. The highest BCUT2D eigenvalue weighted by Gasteiger charge is 2.14. The second kappa shape index (κ2) is 7.68. The first-order valence-corrected chi connectivity index (χ1v) is 9.18.